The fraction of sp³-hybridized carbons (Fsp3) is 0.900. The molecule has 0 aromatic heterocycles. The van der Waals surface area contributed by atoms with Crippen molar-refractivity contribution < 1.29 is 20.4 Å². The number of rotatable bonds is 3. The Bertz CT molecular complexity index is 518. The third-order valence-corrected chi connectivity index (χ3v) is 7.78. The SMILES string of the molecule is CC1(C(O)CO)C=C2CC(O)C3C(C)(CO)CCCC3(C)C2CC1. The van der Waals surface area contributed by atoms with Crippen molar-refractivity contribution in [3.8, 4) is 0 Å². The monoisotopic (exact) mass is 338 g/mol. The highest BCUT2D eigenvalue weighted by atomic mass is 16.3. The highest BCUT2D eigenvalue weighted by Crippen LogP contribution is 2.63. The van der Waals surface area contributed by atoms with Crippen LogP contribution in [0.1, 0.15) is 59.3 Å². The summed E-state index contributed by atoms with van der Waals surface area (Å²) in [6, 6.07) is 0. The van der Waals surface area contributed by atoms with Crippen molar-refractivity contribution in [2.75, 3.05) is 13.2 Å². The molecular formula is C20H34O4. The van der Waals surface area contributed by atoms with Crippen molar-refractivity contribution in [3.63, 3.8) is 0 Å². The van der Waals surface area contributed by atoms with Crippen LogP contribution in [0.4, 0.5) is 0 Å². The van der Waals surface area contributed by atoms with Gasteiger partial charge in [0.25, 0.3) is 0 Å². The van der Waals surface area contributed by atoms with E-state index in [0.29, 0.717) is 12.3 Å². The van der Waals surface area contributed by atoms with Gasteiger partial charge < -0.3 is 20.4 Å². The van der Waals surface area contributed by atoms with Crippen molar-refractivity contribution in [2.24, 2.45) is 28.1 Å². The largest absolute Gasteiger partial charge is 0.396 e. The Morgan fingerprint density at radius 2 is 1.88 bits per heavy atom. The molecule has 0 bridgehead atoms. The number of aliphatic hydroxyl groups is 4. The molecule has 138 valence electrons. The van der Waals surface area contributed by atoms with E-state index < -0.39 is 17.6 Å². The minimum absolute atomic E-state index is 0.00469. The van der Waals surface area contributed by atoms with Crippen LogP contribution in [0.2, 0.25) is 0 Å². The third kappa shape index (κ3) is 2.57. The first-order valence-electron chi connectivity index (χ1n) is 9.50. The second-order valence-electron chi connectivity index (χ2n) is 9.44. The van der Waals surface area contributed by atoms with Crippen LogP contribution in [-0.2, 0) is 0 Å². The topological polar surface area (TPSA) is 80.9 Å². The predicted molar refractivity (Wildman–Crippen MR) is 93.3 cm³/mol. The quantitative estimate of drug-likeness (QED) is 0.595. The lowest BCUT2D eigenvalue weighted by Gasteiger charge is -2.61. The summed E-state index contributed by atoms with van der Waals surface area (Å²) in [6.45, 7) is 6.36. The lowest BCUT2D eigenvalue weighted by atomic mass is 9.44. The average molecular weight is 338 g/mol. The van der Waals surface area contributed by atoms with Crippen molar-refractivity contribution in [1.82, 2.24) is 0 Å². The van der Waals surface area contributed by atoms with E-state index in [1.54, 1.807) is 0 Å². The predicted octanol–water partition coefficient (Wildman–Crippen LogP) is 2.25. The molecule has 7 atom stereocenters. The fourth-order valence-corrected chi connectivity index (χ4v) is 6.47. The van der Waals surface area contributed by atoms with E-state index in [2.05, 4.69) is 19.9 Å². The molecule has 2 fully saturated rings. The first kappa shape index (κ1) is 18.4. The molecule has 4 heteroatoms. The van der Waals surface area contributed by atoms with E-state index >= 15 is 0 Å². The molecule has 3 rings (SSSR count). The molecular weight excluding hydrogens is 304 g/mol. The van der Waals surface area contributed by atoms with Crippen molar-refractivity contribution in [2.45, 2.75) is 71.5 Å². The van der Waals surface area contributed by atoms with Crippen LogP contribution < -0.4 is 0 Å². The molecule has 0 aliphatic heterocycles. The standard InChI is InChI=1S/C20H34O4/c1-18(16(24)11-21)8-5-14-13(10-18)9-15(23)17-19(2,12-22)6-4-7-20(14,17)3/h10,14-17,21-24H,4-9,11-12H2,1-3H3. The van der Waals surface area contributed by atoms with Crippen LogP contribution in [-0.4, -0.2) is 45.8 Å². The highest BCUT2D eigenvalue weighted by Gasteiger charge is 2.59. The van der Waals surface area contributed by atoms with Gasteiger partial charge >= 0.3 is 0 Å². The lowest BCUT2D eigenvalue weighted by Crippen LogP contribution is -2.58. The summed E-state index contributed by atoms with van der Waals surface area (Å²) >= 11 is 0. The molecule has 0 saturated heterocycles. The Morgan fingerprint density at radius 3 is 2.50 bits per heavy atom. The Labute approximate surface area is 145 Å². The zero-order chi connectivity index (χ0) is 17.8. The van der Waals surface area contributed by atoms with Gasteiger partial charge in [-0.25, -0.2) is 0 Å². The molecule has 24 heavy (non-hydrogen) atoms. The summed E-state index contributed by atoms with van der Waals surface area (Å²) in [5.74, 6) is 0.536. The first-order valence-corrected chi connectivity index (χ1v) is 9.50. The van der Waals surface area contributed by atoms with Gasteiger partial charge in [-0.1, -0.05) is 38.8 Å². The second-order valence-corrected chi connectivity index (χ2v) is 9.44. The first-order chi connectivity index (χ1) is 11.2. The highest BCUT2D eigenvalue weighted by molar-refractivity contribution is 5.26. The maximum atomic E-state index is 11.0. The van der Waals surface area contributed by atoms with Crippen LogP contribution in [0.5, 0.6) is 0 Å². The summed E-state index contributed by atoms with van der Waals surface area (Å²) in [6.07, 6.45) is 6.60. The van der Waals surface area contributed by atoms with Gasteiger partial charge in [0.1, 0.15) is 0 Å². The Morgan fingerprint density at radius 1 is 1.17 bits per heavy atom. The summed E-state index contributed by atoms with van der Waals surface area (Å²) < 4.78 is 0. The molecule has 0 aromatic carbocycles. The molecule has 0 spiro atoms. The molecule has 0 radical (unpaired) electrons. The molecule has 4 nitrogen and oxygen atoms in total. The van der Waals surface area contributed by atoms with Crippen molar-refractivity contribution in [3.05, 3.63) is 11.6 Å². The summed E-state index contributed by atoms with van der Waals surface area (Å²) in [5, 5.41) is 40.6. The Kier molecular flexibility index (Phi) is 4.66. The van der Waals surface area contributed by atoms with Gasteiger partial charge in [0.15, 0.2) is 0 Å². The molecule has 2 saturated carbocycles. The minimum Gasteiger partial charge on any atom is -0.396 e. The summed E-state index contributed by atoms with van der Waals surface area (Å²) in [5.41, 5.74) is 0.650. The maximum Gasteiger partial charge on any atom is 0.0858 e. The zero-order valence-corrected chi connectivity index (χ0v) is 15.3. The summed E-state index contributed by atoms with van der Waals surface area (Å²) in [7, 11) is 0. The minimum atomic E-state index is -0.748. The van der Waals surface area contributed by atoms with Crippen LogP contribution in [0.15, 0.2) is 11.6 Å². The van der Waals surface area contributed by atoms with Gasteiger partial charge in [0.05, 0.1) is 18.8 Å². The van der Waals surface area contributed by atoms with E-state index in [0.717, 1.165) is 32.1 Å². The van der Waals surface area contributed by atoms with E-state index in [9.17, 15) is 20.4 Å². The lowest BCUT2D eigenvalue weighted by molar-refractivity contribution is -0.147. The van der Waals surface area contributed by atoms with E-state index in [1.807, 2.05) is 6.92 Å². The van der Waals surface area contributed by atoms with E-state index in [1.165, 1.54) is 5.57 Å². The van der Waals surface area contributed by atoms with Crippen molar-refractivity contribution >= 4 is 0 Å². The van der Waals surface area contributed by atoms with Gasteiger partial charge in [0, 0.05) is 12.0 Å². The average Bonchev–Trinajstić information content (AvgIpc) is 2.53. The molecule has 4 N–H and O–H groups in total. The molecule has 0 heterocycles. The normalized spacial score (nSPS) is 49.8. The van der Waals surface area contributed by atoms with E-state index in [-0.39, 0.29) is 30.0 Å². The second kappa shape index (κ2) is 6.08. The maximum absolute atomic E-state index is 11.0. The number of hydrogen-bond donors (Lipinski definition) is 4. The molecule has 0 amide bonds. The number of aliphatic hydroxyl groups excluding tert-OH is 4. The fourth-order valence-electron chi connectivity index (χ4n) is 6.47. The Balaban J connectivity index is 1.99. The third-order valence-electron chi connectivity index (χ3n) is 7.78. The number of fused-ring (bicyclic) bond motifs is 3. The van der Waals surface area contributed by atoms with Crippen LogP contribution >= 0.6 is 0 Å². The van der Waals surface area contributed by atoms with Crippen molar-refractivity contribution in [1.29, 1.82) is 0 Å². The summed E-state index contributed by atoms with van der Waals surface area (Å²) in [4.78, 5) is 0. The van der Waals surface area contributed by atoms with E-state index in [4.69, 9.17) is 0 Å². The molecule has 0 aromatic rings. The van der Waals surface area contributed by atoms with Crippen LogP contribution in [0.25, 0.3) is 0 Å². The van der Waals surface area contributed by atoms with Gasteiger partial charge in [0.2, 0.25) is 0 Å². The number of hydrogen-bond acceptors (Lipinski definition) is 4. The van der Waals surface area contributed by atoms with Gasteiger partial charge in [-0.3, -0.25) is 0 Å². The zero-order valence-electron chi connectivity index (χ0n) is 15.3. The van der Waals surface area contributed by atoms with Gasteiger partial charge in [-0.15, -0.1) is 0 Å². The molecule has 7 unspecified atom stereocenters. The molecule has 3 aliphatic carbocycles. The van der Waals surface area contributed by atoms with Gasteiger partial charge in [-0.05, 0) is 54.8 Å². The smallest absolute Gasteiger partial charge is 0.0858 e. The Hall–Kier alpha value is -0.420. The molecule has 3 aliphatic rings. The van der Waals surface area contributed by atoms with Gasteiger partial charge in [-0.2, -0.15) is 0 Å². The van der Waals surface area contributed by atoms with Crippen LogP contribution in [0, 0.1) is 28.1 Å². The van der Waals surface area contributed by atoms with Crippen LogP contribution in [0.3, 0.4) is 0 Å².